The van der Waals surface area contributed by atoms with E-state index in [9.17, 15) is 30.7 Å². The number of thioether (sulfide) groups is 1. The molecule has 0 bridgehead atoms. The number of benzene rings is 2. The van der Waals surface area contributed by atoms with Crippen LogP contribution in [0.2, 0.25) is 0 Å². The Labute approximate surface area is 170 Å². The van der Waals surface area contributed by atoms with Crippen LogP contribution < -0.4 is 5.73 Å². The summed E-state index contributed by atoms with van der Waals surface area (Å²) in [4.78, 5) is 6.55. The molecule has 2 aromatic carbocycles. The van der Waals surface area contributed by atoms with Gasteiger partial charge in [-0.2, -0.15) is 26.3 Å². The van der Waals surface area contributed by atoms with E-state index in [1.807, 2.05) is 6.26 Å². The number of rotatable bonds is 4. The lowest BCUT2D eigenvalue weighted by Crippen LogP contribution is -2.61. The number of aromatic nitrogens is 2. The summed E-state index contributed by atoms with van der Waals surface area (Å²) in [6.45, 7) is 0. The molecule has 3 rings (SSSR count). The highest BCUT2D eigenvalue weighted by atomic mass is 32.2. The summed E-state index contributed by atoms with van der Waals surface area (Å²) < 4.78 is 93.8. The van der Waals surface area contributed by atoms with Gasteiger partial charge in [0, 0.05) is 16.0 Å². The third kappa shape index (κ3) is 3.79. The number of nitrogens with zero attached hydrogens (tertiary/aromatic N) is 1. The zero-order valence-corrected chi connectivity index (χ0v) is 16.0. The van der Waals surface area contributed by atoms with Crippen LogP contribution in [0.3, 0.4) is 0 Å². The van der Waals surface area contributed by atoms with Gasteiger partial charge in [0.25, 0.3) is 5.54 Å². The molecule has 3 nitrogen and oxygen atoms in total. The average Bonchev–Trinajstić information content (AvgIpc) is 3.11. The minimum atomic E-state index is -5.87. The fraction of sp³-hybridized carbons (Fsp3) is 0.211. The van der Waals surface area contributed by atoms with Crippen LogP contribution in [0, 0.1) is 5.82 Å². The summed E-state index contributed by atoms with van der Waals surface area (Å²) in [5, 5.41) is 0. The highest BCUT2D eigenvalue weighted by Gasteiger charge is 2.71. The normalized spacial score (nSPS) is 13.0. The van der Waals surface area contributed by atoms with E-state index in [4.69, 9.17) is 5.73 Å². The van der Waals surface area contributed by atoms with Crippen LogP contribution in [0.25, 0.3) is 22.5 Å². The average molecular weight is 449 g/mol. The first-order valence-electron chi connectivity index (χ1n) is 8.31. The van der Waals surface area contributed by atoms with Crippen molar-refractivity contribution in [1.82, 2.24) is 9.97 Å². The van der Waals surface area contributed by atoms with Crippen LogP contribution in [-0.2, 0) is 5.54 Å². The van der Waals surface area contributed by atoms with Crippen molar-refractivity contribution in [1.29, 1.82) is 0 Å². The first kappa shape index (κ1) is 22.2. The molecule has 0 aliphatic heterocycles. The molecule has 0 atom stereocenters. The molecule has 0 radical (unpaired) electrons. The minimum Gasteiger partial charge on any atom is -0.339 e. The number of halogens is 7. The predicted molar refractivity (Wildman–Crippen MR) is 99.2 cm³/mol. The molecule has 1 heterocycles. The smallest absolute Gasteiger partial charge is 0.339 e. The molecule has 3 aromatic rings. The number of hydrogen-bond donors (Lipinski definition) is 2. The Kier molecular flexibility index (Phi) is 5.63. The maximum absolute atomic E-state index is 13.4. The van der Waals surface area contributed by atoms with Gasteiger partial charge in [-0.25, -0.2) is 9.37 Å². The van der Waals surface area contributed by atoms with Gasteiger partial charge in [0.1, 0.15) is 11.6 Å². The van der Waals surface area contributed by atoms with Crippen LogP contribution in [0.15, 0.2) is 53.4 Å². The molecule has 0 spiro atoms. The van der Waals surface area contributed by atoms with Crippen molar-refractivity contribution in [3.05, 3.63) is 60.2 Å². The van der Waals surface area contributed by atoms with Gasteiger partial charge >= 0.3 is 12.4 Å². The quantitative estimate of drug-likeness (QED) is 0.386. The first-order chi connectivity index (χ1) is 13.9. The van der Waals surface area contributed by atoms with E-state index >= 15 is 0 Å². The van der Waals surface area contributed by atoms with E-state index < -0.39 is 29.5 Å². The Balaban J connectivity index is 2.27. The second-order valence-corrected chi connectivity index (χ2v) is 7.23. The van der Waals surface area contributed by atoms with Crippen molar-refractivity contribution in [2.45, 2.75) is 22.8 Å². The van der Waals surface area contributed by atoms with Crippen molar-refractivity contribution in [2.24, 2.45) is 5.73 Å². The first-order valence-corrected chi connectivity index (χ1v) is 9.54. The van der Waals surface area contributed by atoms with Crippen molar-refractivity contribution in [3.63, 3.8) is 0 Å². The van der Waals surface area contributed by atoms with Crippen LogP contribution in [0.5, 0.6) is 0 Å². The molecule has 0 aliphatic carbocycles. The zero-order chi connectivity index (χ0) is 22.3. The van der Waals surface area contributed by atoms with E-state index in [0.717, 1.165) is 17.0 Å². The molecule has 160 valence electrons. The SMILES string of the molecule is CSc1ccc(-c2[nH]c(C(N)(C(F)(F)F)C(F)(F)F)nc2-c2ccc(F)cc2)cc1. The van der Waals surface area contributed by atoms with Crippen molar-refractivity contribution in [3.8, 4) is 22.5 Å². The highest BCUT2D eigenvalue weighted by molar-refractivity contribution is 7.98. The second kappa shape index (κ2) is 7.62. The maximum atomic E-state index is 13.4. The fourth-order valence-corrected chi connectivity index (χ4v) is 3.18. The molecule has 0 unspecified atom stereocenters. The molecule has 11 heteroatoms. The minimum absolute atomic E-state index is 0.104. The van der Waals surface area contributed by atoms with Gasteiger partial charge in [-0.05, 0) is 42.7 Å². The third-order valence-corrected chi connectivity index (χ3v) is 5.21. The van der Waals surface area contributed by atoms with Gasteiger partial charge in [-0.1, -0.05) is 12.1 Å². The van der Waals surface area contributed by atoms with Gasteiger partial charge < -0.3 is 10.7 Å². The summed E-state index contributed by atoms with van der Waals surface area (Å²) in [6.07, 6.45) is -9.94. The van der Waals surface area contributed by atoms with Crippen molar-refractivity contribution >= 4 is 11.8 Å². The second-order valence-electron chi connectivity index (χ2n) is 6.35. The summed E-state index contributed by atoms with van der Waals surface area (Å²) in [7, 11) is 0. The molecular formula is C19H14F7N3S. The fourth-order valence-electron chi connectivity index (χ4n) is 2.77. The predicted octanol–water partition coefficient (Wildman–Crippen LogP) is 5.88. The number of nitrogens with one attached hydrogen (secondary N) is 1. The van der Waals surface area contributed by atoms with Gasteiger partial charge in [0.2, 0.25) is 0 Å². The topological polar surface area (TPSA) is 54.7 Å². The summed E-state index contributed by atoms with van der Waals surface area (Å²) in [5.74, 6) is -2.13. The lowest BCUT2D eigenvalue weighted by molar-refractivity contribution is -0.304. The van der Waals surface area contributed by atoms with Gasteiger partial charge in [0.15, 0.2) is 0 Å². The van der Waals surface area contributed by atoms with Gasteiger partial charge in [-0.15, -0.1) is 11.8 Å². The lowest BCUT2D eigenvalue weighted by Gasteiger charge is -2.31. The Morgan fingerprint density at radius 1 is 0.833 bits per heavy atom. The van der Waals surface area contributed by atoms with E-state index in [1.165, 1.54) is 36.0 Å². The number of aromatic amines is 1. The molecule has 3 N–H and O–H groups in total. The Morgan fingerprint density at radius 2 is 1.33 bits per heavy atom. The van der Waals surface area contributed by atoms with Crippen molar-refractivity contribution in [2.75, 3.05) is 6.26 Å². The van der Waals surface area contributed by atoms with Crippen LogP contribution in [0.4, 0.5) is 30.7 Å². The Bertz CT molecular complexity index is 1010. The maximum Gasteiger partial charge on any atom is 0.422 e. The number of H-pyrrole nitrogens is 1. The largest absolute Gasteiger partial charge is 0.422 e. The number of imidazole rings is 1. The number of nitrogens with two attached hydrogens (primary N) is 1. The molecule has 0 amide bonds. The zero-order valence-electron chi connectivity index (χ0n) is 15.2. The third-order valence-electron chi connectivity index (χ3n) is 4.47. The molecular weight excluding hydrogens is 435 g/mol. The van der Waals surface area contributed by atoms with E-state index in [1.54, 1.807) is 12.1 Å². The van der Waals surface area contributed by atoms with Gasteiger partial charge in [-0.3, -0.25) is 0 Å². The summed E-state index contributed by atoms with van der Waals surface area (Å²) in [6, 6.07) is 10.8. The van der Waals surface area contributed by atoms with Crippen LogP contribution in [-0.4, -0.2) is 28.6 Å². The highest BCUT2D eigenvalue weighted by Crippen LogP contribution is 2.48. The molecule has 1 aromatic heterocycles. The lowest BCUT2D eigenvalue weighted by atomic mass is 9.98. The standard InChI is InChI=1S/C19H14F7N3S/c1-30-13-8-4-11(5-9-13)15-14(10-2-6-12(20)7-3-10)28-16(29-15)17(27,18(21,22)23)19(24,25)26/h2-9H,27H2,1H3,(H,28,29). The summed E-state index contributed by atoms with van der Waals surface area (Å²) in [5.41, 5.74) is 0.246. The molecule has 0 saturated carbocycles. The molecule has 0 aliphatic rings. The van der Waals surface area contributed by atoms with Crippen LogP contribution in [0.1, 0.15) is 5.82 Å². The van der Waals surface area contributed by atoms with Crippen LogP contribution >= 0.6 is 11.8 Å². The molecule has 0 saturated heterocycles. The van der Waals surface area contributed by atoms with E-state index in [-0.39, 0.29) is 22.5 Å². The summed E-state index contributed by atoms with van der Waals surface area (Å²) >= 11 is 1.41. The molecule has 30 heavy (non-hydrogen) atoms. The Morgan fingerprint density at radius 3 is 1.80 bits per heavy atom. The Hall–Kier alpha value is -2.53. The number of alkyl halides is 6. The van der Waals surface area contributed by atoms with E-state index in [2.05, 4.69) is 9.97 Å². The monoisotopic (exact) mass is 449 g/mol. The van der Waals surface area contributed by atoms with Gasteiger partial charge in [0.05, 0.1) is 11.4 Å². The molecule has 0 fully saturated rings. The van der Waals surface area contributed by atoms with E-state index in [0.29, 0.717) is 0 Å². The number of hydrogen-bond acceptors (Lipinski definition) is 3. The van der Waals surface area contributed by atoms with Crippen molar-refractivity contribution < 1.29 is 30.7 Å².